The fourth-order valence-corrected chi connectivity index (χ4v) is 4.27. The highest BCUT2D eigenvalue weighted by molar-refractivity contribution is 7.80. The summed E-state index contributed by atoms with van der Waals surface area (Å²) in [7, 11) is 1.68. The van der Waals surface area contributed by atoms with Crippen LogP contribution >= 0.6 is 12.2 Å². The zero-order valence-electron chi connectivity index (χ0n) is 19.2. The van der Waals surface area contributed by atoms with Gasteiger partial charge in [0.1, 0.15) is 0 Å². The standard InChI is InChI=1S/C25H29N3O4S/c1-16-9-17(2)23-19(10-16)12-20(24(29)27-23)14-28(25(33)26-7-4-8-30-3)13-18-5-6-21-22(11-18)32-15-31-21/h5-6,9-12H,4,7-8,13-15H2,1-3H3,(H,26,33)(H,27,29). The van der Waals surface area contributed by atoms with Gasteiger partial charge in [0.25, 0.3) is 5.56 Å². The molecule has 0 saturated heterocycles. The molecule has 3 aromatic rings. The Kier molecular flexibility index (Phi) is 7.15. The van der Waals surface area contributed by atoms with Gasteiger partial charge in [-0.1, -0.05) is 17.7 Å². The van der Waals surface area contributed by atoms with Crippen LogP contribution in [-0.2, 0) is 17.8 Å². The average Bonchev–Trinajstić information content (AvgIpc) is 3.25. The molecule has 174 valence electrons. The maximum atomic E-state index is 12.9. The molecule has 1 aliphatic heterocycles. The lowest BCUT2D eigenvalue weighted by Gasteiger charge is -2.26. The number of methoxy groups -OCH3 is 1. The van der Waals surface area contributed by atoms with E-state index in [1.807, 2.05) is 36.1 Å². The second-order valence-corrected chi connectivity index (χ2v) is 8.68. The van der Waals surface area contributed by atoms with E-state index in [1.54, 1.807) is 7.11 Å². The van der Waals surface area contributed by atoms with Gasteiger partial charge in [-0.05, 0) is 73.3 Å². The Hall–Kier alpha value is -3.10. The third-order valence-corrected chi connectivity index (χ3v) is 6.03. The lowest BCUT2D eigenvalue weighted by atomic mass is 10.0. The predicted octanol–water partition coefficient (Wildman–Crippen LogP) is 3.79. The summed E-state index contributed by atoms with van der Waals surface area (Å²) in [5.41, 5.74) is 4.66. The van der Waals surface area contributed by atoms with Gasteiger partial charge in [0.05, 0.1) is 12.1 Å². The van der Waals surface area contributed by atoms with Crippen molar-refractivity contribution in [2.24, 2.45) is 0 Å². The van der Waals surface area contributed by atoms with Crippen molar-refractivity contribution in [1.82, 2.24) is 15.2 Å². The Morgan fingerprint density at radius 2 is 1.97 bits per heavy atom. The summed E-state index contributed by atoms with van der Waals surface area (Å²) in [5.74, 6) is 1.46. The Morgan fingerprint density at radius 1 is 1.15 bits per heavy atom. The molecule has 1 aromatic heterocycles. The van der Waals surface area contributed by atoms with Gasteiger partial charge in [0.2, 0.25) is 6.79 Å². The number of rotatable bonds is 8. The number of H-pyrrole nitrogens is 1. The van der Waals surface area contributed by atoms with E-state index in [-0.39, 0.29) is 12.4 Å². The van der Waals surface area contributed by atoms with Crippen molar-refractivity contribution in [1.29, 1.82) is 0 Å². The van der Waals surface area contributed by atoms with E-state index in [0.29, 0.717) is 36.9 Å². The van der Waals surface area contributed by atoms with Crippen LogP contribution < -0.4 is 20.3 Å². The minimum absolute atomic E-state index is 0.104. The van der Waals surface area contributed by atoms with Crippen molar-refractivity contribution in [2.45, 2.75) is 33.4 Å². The molecule has 33 heavy (non-hydrogen) atoms. The second-order valence-electron chi connectivity index (χ2n) is 8.29. The van der Waals surface area contributed by atoms with Gasteiger partial charge in [-0.25, -0.2) is 0 Å². The fourth-order valence-electron chi connectivity index (χ4n) is 4.04. The highest BCUT2D eigenvalue weighted by Crippen LogP contribution is 2.33. The summed E-state index contributed by atoms with van der Waals surface area (Å²) >= 11 is 5.71. The Bertz CT molecular complexity index is 1220. The first-order valence-corrected chi connectivity index (χ1v) is 11.4. The number of benzene rings is 2. The molecule has 0 saturated carbocycles. The molecule has 0 unspecified atom stereocenters. The van der Waals surface area contributed by atoms with Crippen LogP contribution in [0.5, 0.6) is 11.5 Å². The van der Waals surface area contributed by atoms with Gasteiger partial charge < -0.3 is 29.4 Å². The largest absolute Gasteiger partial charge is 0.454 e. The zero-order chi connectivity index (χ0) is 23.4. The molecule has 2 heterocycles. The molecular formula is C25H29N3O4S. The summed E-state index contributed by atoms with van der Waals surface area (Å²) in [5, 5.41) is 4.90. The number of pyridine rings is 1. The number of aromatic amines is 1. The van der Waals surface area contributed by atoms with Crippen LogP contribution in [0.25, 0.3) is 10.9 Å². The smallest absolute Gasteiger partial charge is 0.253 e. The van der Waals surface area contributed by atoms with E-state index >= 15 is 0 Å². The molecule has 0 bridgehead atoms. The molecule has 0 atom stereocenters. The minimum atomic E-state index is -0.104. The summed E-state index contributed by atoms with van der Waals surface area (Å²) in [6.45, 7) is 6.54. The van der Waals surface area contributed by atoms with Gasteiger partial charge in [-0.2, -0.15) is 0 Å². The van der Waals surface area contributed by atoms with Crippen molar-refractivity contribution < 1.29 is 14.2 Å². The third kappa shape index (κ3) is 5.46. The van der Waals surface area contributed by atoms with Crippen LogP contribution in [0, 0.1) is 13.8 Å². The van der Waals surface area contributed by atoms with E-state index in [2.05, 4.69) is 29.4 Å². The van der Waals surface area contributed by atoms with Gasteiger partial charge in [-0.15, -0.1) is 0 Å². The van der Waals surface area contributed by atoms with E-state index in [0.717, 1.165) is 45.5 Å². The molecule has 7 nitrogen and oxygen atoms in total. The van der Waals surface area contributed by atoms with Crippen LogP contribution in [0.3, 0.4) is 0 Å². The average molecular weight is 468 g/mol. The Balaban J connectivity index is 1.60. The molecule has 0 spiro atoms. The van der Waals surface area contributed by atoms with Crippen LogP contribution in [0.15, 0.2) is 41.2 Å². The molecule has 1 aliphatic rings. The van der Waals surface area contributed by atoms with Crippen molar-refractivity contribution in [2.75, 3.05) is 27.1 Å². The van der Waals surface area contributed by atoms with Gasteiger partial charge in [0.15, 0.2) is 16.6 Å². The molecule has 0 aliphatic carbocycles. The summed E-state index contributed by atoms with van der Waals surface area (Å²) in [6.07, 6.45) is 0.837. The Labute approximate surface area is 198 Å². The predicted molar refractivity (Wildman–Crippen MR) is 133 cm³/mol. The number of fused-ring (bicyclic) bond motifs is 2. The number of nitrogens with one attached hydrogen (secondary N) is 2. The molecule has 2 N–H and O–H groups in total. The molecule has 8 heteroatoms. The zero-order valence-corrected chi connectivity index (χ0v) is 20.0. The Morgan fingerprint density at radius 3 is 2.79 bits per heavy atom. The van der Waals surface area contributed by atoms with E-state index in [4.69, 9.17) is 26.4 Å². The highest BCUT2D eigenvalue weighted by Gasteiger charge is 2.18. The van der Waals surface area contributed by atoms with Crippen molar-refractivity contribution >= 4 is 28.2 Å². The summed E-state index contributed by atoms with van der Waals surface area (Å²) in [4.78, 5) is 18.0. The van der Waals surface area contributed by atoms with Crippen LogP contribution in [0.2, 0.25) is 0 Å². The van der Waals surface area contributed by atoms with Crippen LogP contribution in [-0.4, -0.2) is 42.1 Å². The maximum Gasteiger partial charge on any atom is 0.253 e. The van der Waals surface area contributed by atoms with E-state index in [1.165, 1.54) is 0 Å². The number of aryl methyl sites for hydroxylation is 2. The lowest BCUT2D eigenvalue weighted by molar-refractivity contribution is 0.174. The topological polar surface area (TPSA) is 75.8 Å². The van der Waals surface area contributed by atoms with Crippen molar-refractivity contribution in [3.05, 3.63) is 69.0 Å². The van der Waals surface area contributed by atoms with Gasteiger partial charge in [0, 0.05) is 32.4 Å². The number of thiocarbonyl (C=S) groups is 1. The first-order chi connectivity index (χ1) is 15.9. The highest BCUT2D eigenvalue weighted by atomic mass is 32.1. The van der Waals surface area contributed by atoms with E-state index < -0.39 is 0 Å². The quantitative estimate of drug-likeness (QED) is 0.386. The number of aromatic nitrogens is 1. The molecule has 2 aromatic carbocycles. The number of hydrogen-bond donors (Lipinski definition) is 2. The molecular weight excluding hydrogens is 438 g/mol. The molecule has 0 fully saturated rings. The number of nitrogens with zero attached hydrogens (tertiary/aromatic N) is 1. The summed E-state index contributed by atoms with van der Waals surface area (Å²) < 4.78 is 16.1. The van der Waals surface area contributed by atoms with Crippen LogP contribution in [0.4, 0.5) is 0 Å². The number of hydrogen-bond acceptors (Lipinski definition) is 5. The first-order valence-electron chi connectivity index (χ1n) is 11.0. The SMILES string of the molecule is COCCCNC(=S)N(Cc1ccc2c(c1)OCO2)Cc1cc2cc(C)cc(C)c2[nH]c1=O. The monoisotopic (exact) mass is 467 g/mol. The van der Waals surface area contributed by atoms with Crippen LogP contribution in [0.1, 0.15) is 28.7 Å². The van der Waals surface area contributed by atoms with Crippen molar-refractivity contribution in [3.63, 3.8) is 0 Å². The number of ether oxygens (including phenoxy) is 3. The van der Waals surface area contributed by atoms with Gasteiger partial charge >= 0.3 is 0 Å². The molecule has 4 rings (SSSR count). The summed E-state index contributed by atoms with van der Waals surface area (Å²) in [6, 6.07) is 12.0. The minimum Gasteiger partial charge on any atom is -0.454 e. The van der Waals surface area contributed by atoms with E-state index in [9.17, 15) is 4.79 Å². The fraction of sp³-hybridized carbons (Fsp3) is 0.360. The van der Waals surface area contributed by atoms with Crippen molar-refractivity contribution in [3.8, 4) is 11.5 Å². The maximum absolute atomic E-state index is 12.9. The molecule has 0 amide bonds. The first kappa shape index (κ1) is 23.1. The third-order valence-electron chi connectivity index (χ3n) is 5.63. The molecule has 0 radical (unpaired) electrons. The normalized spacial score (nSPS) is 12.2. The van der Waals surface area contributed by atoms with Gasteiger partial charge in [-0.3, -0.25) is 4.79 Å². The second kappa shape index (κ2) is 10.2. The lowest BCUT2D eigenvalue weighted by Crippen LogP contribution is -2.40.